The maximum atomic E-state index is 13.9. The summed E-state index contributed by atoms with van der Waals surface area (Å²) in [6, 6.07) is -5.35. The minimum atomic E-state index is -4.49. The van der Waals surface area contributed by atoms with Gasteiger partial charge in [0.05, 0.1) is 25.4 Å². The molecule has 0 bridgehead atoms. The SMILES string of the molecule is CC(=O)N(C1O[C@H](CO)[C@@H](O)[C@H](O[C@H](C)C(=O)O)[C@H]1N)[C@H](C(=O)N[C@H](CCC(=O)N[C@@H](C)C(=O)NCCOP(=O)(O)O[C@H]1CC[C@@]2(C)C(=CC[C@H]3[C@@H]4CC[C@H]([C@H](C)CCCC(C)C)[C@@]4(C)CC[C@@H]32)C1)C(N)=O)C(C)C. The number of carbonyl (C=O) groups excluding carboxylic acids is 5. The molecule has 0 aromatic rings. The van der Waals surface area contributed by atoms with Crippen LogP contribution in [0, 0.1) is 52.3 Å². The molecule has 5 rings (SSSR count). The maximum absolute atomic E-state index is 13.9. The Morgan fingerprint density at radius 2 is 1.64 bits per heavy atom. The maximum Gasteiger partial charge on any atom is 0.472 e. The standard InChI is InChI=1S/C53H91N6O15P/c1-28(2)12-11-13-30(5)37-16-17-38-36-15-14-34-26-35(20-22-52(34,9)39(36)21-23-53(37,38)10)74-75(69,70)71-25-24-56-48(65)31(6)57-42(62)19-18-40(47(55)64)58-49(66)44(29(3)4)59(33(8)61)50-43(54)46(72-32(7)51(67)68)45(63)41(27-60)73-50/h14,28-32,35-41,43-46,50,60,63H,11-13,15-27,54H2,1-10H3,(H2,55,64)(H,56,65)(H,57,62)(H,58,66)(H,67,68)(H,69,70)/t30-,31+,32-,35+,36+,37-,38+,39+,40-,41-,43-,44+,45-,46-,50?,52+,53-/m1/s1. The number of hydrogen-bond acceptors (Lipinski definition) is 14. The number of carboxylic acids is 1. The first-order chi connectivity index (χ1) is 35.1. The van der Waals surface area contributed by atoms with E-state index in [0.29, 0.717) is 30.1 Å². The lowest BCUT2D eigenvalue weighted by atomic mass is 9.47. The molecular weight excluding hydrogens is 992 g/mol. The summed E-state index contributed by atoms with van der Waals surface area (Å²) in [6.07, 6.45) is 5.96. The van der Waals surface area contributed by atoms with Gasteiger partial charge in [-0.1, -0.05) is 79.4 Å². The number of amides is 5. The van der Waals surface area contributed by atoms with Crippen molar-refractivity contribution in [1.82, 2.24) is 20.9 Å². The zero-order chi connectivity index (χ0) is 55.9. The van der Waals surface area contributed by atoms with E-state index in [1.54, 1.807) is 13.8 Å². The van der Waals surface area contributed by atoms with Crippen molar-refractivity contribution in [1.29, 1.82) is 0 Å². The third-order valence-corrected chi connectivity index (χ3v) is 18.8. The summed E-state index contributed by atoms with van der Waals surface area (Å²) >= 11 is 0. The van der Waals surface area contributed by atoms with Gasteiger partial charge >= 0.3 is 13.8 Å². The predicted octanol–water partition coefficient (Wildman–Crippen LogP) is 4.04. The number of ether oxygens (including phenoxy) is 2. The van der Waals surface area contributed by atoms with Gasteiger partial charge in [-0.05, 0) is 124 Å². The first-order valence-electron chi connectivity index (χ1n) is 27.5. The van der Waals surface area contributed by atoms with Crippen LogP contribution in [0.4, 0.5) is 0 Å². The average molecular weight is 1080 g/mol. The number of rotatable bonds is 26. The second kappa shape index (κ2) is 26.4. The van der Waals surface area contributed by atoms with Gasteiger partial charge in [0.15, 0.2) is 12.3 Å². The van der Waals surface area contributed by atoms with E-state index in [2.05, 4.69) is 56.6 Å². The van der Waals surface area contributed by atoms with E-state index in [1.165, 1.54) is 64.4 Å². The molecule has 0 spiro atoms. The topological polar surface area (TPSA) is 329 Å². The van der Waals surface area contributed by atoms with Crippen molar-refractivity contribution in [2.75, 3.05) is 19.8 Å². The highest BCUT2D eigenvalue weighted by Gasteiger charge is 2.59. The zero-order valence-corrected chi connectivity index (χ0v) is 46.9. The lowest BCUT2D eigenvalue weighted by molar-refractivity contribution is -0.247. The lowest BCUT2D eigenvalue weighted by Crippen LogP contribution is -2.71. The van der Waals surface area contributed by atoms with Crippen LogP contribution < -0.4 is 27.4 Å². The molecule has 1 saturated heterocycles. The summed E-state index contributed by atoms with van der Waals surface area (Å²) in [4.78, 5) is 89.0. The van der Waals surface area contributed by atoms with Crippen LogP contribution in [0.2, 0.25) is 0 Å². The molecular formula is C53H91N6O15P. The molecule has 22 heteroatoms. The number of allylic oxidation sites excluding steroid dienone is 1. The van der Waals surface area contributed by atoms with Crippen LogP contribution in [0.25, 0.3) is 0 Å². The Balaban J connectivity index is 1.07. The number of hydrogen-bond donors (Lipinski definition) is 9. The fourth-order valence-corrected chi connectivity index (χ4v) is 14.7. The number of phosphoric ester groups is 1. The van der Waals surface area contributed by atoms with E-state index in [4.69, 9.17) is 30.0 Å². The molecule has 2 unspecified atom stereocenters. The number of carbonyl (C=O) groups is 6. The molecule has 0 radical (unpaired) electrons. The van der Waals surface area contributed by atoms with Gasteiger partial charge in [-0.25, -0.2) is 9.36 Å². The van der Waals surface area contributed by atoms with Crippen LogP contribution >= 0.6 is 7.82 Å². The van der Waals surface area contributed by atoms with Crippen molar-refractivity contribution in [3.05, 3.63) is 11.6 Å². The number of nitrogens with two attached hydrogens (primary N) is 2. The fraction of sp³-hybridized carbons (Fsp3) is 0.849. The Hall–Kier alpha value is -3.53. The van der Waals surface area contributed by atoms with Crippen LogP contribution in [0.3, 0.4) is 0 Å². The monoisotopic (exact) mass is 1080 g/mol. The molecule has 21 nitrogen and oxygen atoms in total. The molecule has 4 fully saturated rings. The Labute approximate surface area is 443 Å². The largest absolute Gasteiger partial charge is 0.479 e. The van der Waals surface area contributed by atoms with Crippen LogP contribution in [0.5, 0.6) is 0 Å². The molecule has 75 heavy (non-hydrogen) atoms. The van der Waals surface area contributed by atoms with Crippen LogP contribution in [0.15, 0.2) is 11.6 Å². The minimum absolute atomic E-state index is 0.0346. The molecule has 428 valence electrons. The number of fused-ring (bicyclic) bond motifs is 5. The summed E-state index contributed by atoms with van der Waals surface area (Å²) in [5, 5.41) is 37.8. The molecule has 5 amide bonds. The number of carboxylic acid groups (broad SMARTS) is 1. The van der Waals surface area contributed by atoms with Gasteiger partial charge in [0.25, 0.3) is 0 Å². The Morgan fingerprint density at radius 1 is 0.947 bits per heavy atom. The number of aliphatic hydroxyl groups is 2. The summed E-state index contributed by atoms with van der Waals surface area (Å²) in [7, 11) is -4.49. The molecule has 5 aliphatic rings. The second-order valence-corrected chi connectivity index (χ2v) is 25.1. The third kappa shape index (κ3) is 15.0. The highest BCUT2D eigenvalue weighted by Crippen LogP contribution is 2.68. The average Bonchev–Trinajstić information content (AvgIpc) is 3.69. The molecule has 3 saturated carbocycles. The molecule has 18 atom stereocenters. The van der Waals surface area contributed by atoms with Gasteiger partial charge in [0, 0.05) is 19.9 Å². The summed E-state index contributed by atoms with van der Waals surface area (Å²) in [6.45, 7) is 17.7. The van der Waals surface area contributed by atoms with Gasteiger partial charge in [-0.15, -0.1) is 0 Å². The molecule has 1 heterocycles. The number of primary amides is 1. The van der Waals surface area contributed by atoms with Gasteiger partial charge < -0.3 is 62.0 Å². The van der Waals surface area contributed by atoms with E-state index in [9.17, 15) is 53.5 Å². The highest BCUT2D eigenvalue weighted by atomic mass is 31.2. The van der Waals surface area contributed by atoms with E-state index < -0.39 is 117 Å². The molecule has 11 N–H and O–H groups in total. The molecule has 0 aromatic carbocycles. The first kappa shape index (κ1) is 62.3. The molecule has 0 aromatic heterocycles. The van der Waals surface area contributed by atoms with Gasteiger partial charge in [-0.3, -0.25) is 33.0 Å². The van der Waals surface area contributed by atoms with Crippen molar-refractivity contribution in [2.45, 2.75) is 214 Å². The van der Waals surface area contributed by atoms with E-state index in [1.807, 2.05) is 0 Å². The van der Waals surface area contributed by atoms with Gasteiger partial charge in [0.1, 0.15) is 36.4 Å². The highest BCUT2D eigenvalue weighted by molar-refractivity contribution is 7.47. The van der Waals surface area contributed by atoms with Crippen LogP contribution in [-0.2, 0) is 51.9 Å². The Morgan fingerprint density at radius 3 is 2.25 bits per heavy atom. The van der Waals surface area contributed by atoms with Crippen LogP contribution in [0.1, 0.15) is 153 Å². The third-order valence-electron chi connectivity index (χ3n) is 17.8. The van der Waals surface area contributed by atoms with Crippen molar-refractivity contribution in [2.24, 2.45) is 63.7 Å². The van der Waals surface area contributed by atoms with Crippen molar-refractivity contribution >= 4 is 43.3 Å². The van der Waals surface area contributed by atoms with Gasteiger partial charge in [-0.2, -0.15) is 0 Å². The van der Waals surface area contributed by atoms with Gasteiger partial charge in [0.2, 0.25) is 29.5 Å². The predicted molar refractivity (Wildman–Crippen MR) is 278 cm³/mol. The van der Waals surface area contributed by atoms with Crippen molar-refractivity contribution < 1.29 is 72.1 Å². The second-order valence-electron chi connectivity index (χ2n) is 23.7. The smallest absolute Gasteiger partial charge is 0.472 e. The number of nitrogens with zero attached hydrogens (tertiary/aromatic N) is 1. The first-order valence-corrected chi connectivity index (χ1v) is 28.9. The summed E-state index contributed by atoms with van der Waals surface area (Å²) in [5.74, 6) is -1.74. The van der Waals surface area contributed by atoms with Crippen LogP contribution in [-0.4, -0.2) is 141 Å². The number of aliphatic carboxylic acids is 1. The fourth-order valence-electron chi connectivity index (χ4n) is 13.7. The normalized spacial score (nSPS) is 33.3. The zero-order valence-electron chi connectivity index (χ0n) is 46.0. The number of phosphoric acid groups is 1. The molecule has 1 aliphatic heterocycles. The van der Waals surface area contributed by atoms with Crippen molar-refractivity contribution in [3.8, 4) is 0 Å². The quantitative estimate of drug-likeness (QED) is 0.0335. The summed E-state index contributed by atoms with van der Waals surface area (Å²) in [5.41, 5.74) is 13.8. The number of aliphatic hydroxyl groups excluding tert-OH is 2. The van der Waals surface area contributed by atoms with Crippen molar-refractivity contribution in [3.63, 3.8) is 0 Å². The Kier molecular flexibility index (Phi) is 21.9. The summed E-state index contributed by atoms with van der Waals surface area (Å²) < 4.78 is 35.5. The molecule has 4 aliphatic carbocycles. The lowest BCUT2D eigenvalue weighted by Gasteiger charge is -2.58. The van der Waals surface area contributed by atoms with E-state index >= 15 is 0 Å². The minimum Gasteiger partial charge on any atom is -0.479 e. The van der Waals surface area contributed by atoms with E-state index in [0.717, 1.165) is 48.3 Å². The number of nitrogens with one attached hydrogen (secondary N) is 3. The van der Waals surface area contributed by atoms with E-state index in [-0.39, 0.29) is 31.4 Å². The Bertz CT molecular complexity index is 2100.